The fourth-order valence-corrected chi connectivity index (χ4v) is 4.87. The fourth-order valence-electron chi connectivity index (χ4n) is 3.62. The number of aromatic nitrogens is 1. The van der Waals surface area contributed by atoms with Crippen molar-refractivity contribution in [2.24, 2.45) is 12.0 Å². The predicted octanol–water partition coefficient (Wildman–Crippen LogP) is 6.08. The third-order valence-electron chi connectivity index (χ3n) is 5.04. The second kappa shape index (κ2) is 8.94. The first kappa shape index (κ1) is 20.5. The van der Waals surface area contributed by atoms with Crippen LogP contribution in [0.2, 0.25) is 0 Å². The molecule has 0 unspecified atom stereocenters. The molecule has 0 aliphatic heterocycles. The largest absolute Gasteiger partial charge is 0.319 e. The van der Waals surface area contributed by atoms with Crippen molar-refractivity contribution in [3.8, 4) is 11.3 Å². The maximum atomic E-state index is 13.4. The average molecular weight is 477 g/mol. The first-order chi connectivity index (χ1) is 14.5. The van der Waals surface area contributed by atoms with Crippen molar-refractivity contribution in [1.82, 2.24) is 4.57 Å². The van der Waals surface area contributed by atoms with Crippen LogP contribution in [-0.4, -0.2) is 10.5 Å². The Hall–Kier alpha value is -2.76. The van der Waals surface area contributed by atoms with Crippen molar-refractivity contribution in [3.05, 3.63) is 110 Å². The van der Waals surface area contributed by atoms with Crippen molar-refractivity contribution >= 4 is 33.2 Å². The number of carbonyl (C=O) groups excluding carboxylic acids is 1. The van der Waals surface area contributed by atoms with Crippen LogP contribution in [0.4, 0.5) is 0 Å². The minimum atomic E-state index is -0.425. The number of amides is 1. The Morgan fingerprint density at radius 3 is 1.97 bits per heavy atom. The maximum absolute atomic E-state index is 13.4. The van der Waals surface area contributed by atoms with Gasteiger partial charge >= 0.3 is 0 Å². The number of carbonyl (C=O) groups is 1. The third-order valence-corrected chi connectivity index (χ3v) is 6.61. The van der Waals surface area contributed by atoms with Crippen LogP contribution in [0, 0.1) is 6.92 Å². The van der Waals surface area contributed by atoms with Crippen LogP contribution >= 0.6 is 27.3 Å². The number of rotatable bonds is 4. The summed E-state index contributed by atoms with van der Waals surface area (Å²) in [6.07, 6.45) is 0. The van der Waals surface area contributed by atoms with E-state index in [0.29, 0.717) is 4.80 Å². The molecule has 4 aromatic rings. The summed E-state index contributed by atoms with van der Waals surface area (Å²) in [6, 6.07) is 27.9. The highest BCUT2D eigenvalue weighted by atomic mass is 79.9. The predicted molar refractivity (Wildman–Crippen MR) is 126 cm³/mol. The van der Waals surface area contributed by atoms with Crippen LogP contribution in [0.3, 0.4) is 0 Å². The van der Waals surface area contributed by atoms with Crippen molar-refractivity contribution in [1.29, 1.82) is 0 Å². The molecular formula is C25H21BrN2OS. The van der Waals surface area contributed by atoms with E-state index < -0.39 is 5.92 Å². The van der Waals surface area contributed by atoms with Crippen LogP contribution < -0.4 is 4.80 Å². The minimum Gasteiger partial charge on any atom is -0.319 e. The van der Waals surface area contributed by atoms with Gasteiger partial charge in [0, 0.05) is 16.4 Å². The van der Waals surface area contributed by atoms with Crippen LogP contribution in [0.5, 0.6) is 0 Å². The highest BCUT2D eigenvalue weighted by molar-refractivity contribution is 9.10. The Morgan fingerprint density at radius 1 is 0.900 bits per heavy atom. The molecule has 0 fully saturated rings. The van der Waals surface area contributed by atoms with Crippen LogP contribution in [0.15, 0.2) is 94.4 Å². The van der Waals surface area contributed by atoms with E-state index in [4.69, 9.17) is 0 Å². The number of aryl methyl sites for hydroxylation is 1. The first-order valence-electron chi connectivity index (χ1n) is 9.65. The molecule has 0 atom stereocenters. The molecule has 1 heterocycles. The molecule has 1 aromatic heterocycles. The molecule has 3 nitrogen and oxygen atoms in total. The number of benzene rings is 3. The Bertz CT molecular complexity index is 1190. The summed E-state index contributed by atoms with van der Waals surface area (Å²) in [6.45, 7) is 2.07. The lowest BCUT2D eigenvalue weighted by atomic mass is 9.91. The summed E-state index contributed by atoms with van der Waals surface area (Å²) in [7, 11) is 1.97. The highest BCUT2D eigenvalue weighted by Gasteiger charge is 2.22. The third kappa shape index (κ3) is 4.23. The Balaban J connectivity index is 1.79. The number of nitrogens with zero attached hydrogens (tertiary/aromatic N) is 2. The van der Waals surface area contributed by atoms with Gasteiger partial charge in [-0.15, -0.1) is 11.3 Å². The van der Waals surface area contributed by atoms with E-state index in [-0.39, 0.29) is 5.91 Å². The summed E-state index contributed by atoms with van der Waals surface area (Å²) in [5.74, 6) is -0.586. The van der Waals surface area contributed by atoms with Gasteiger partial charge in [0.2, 0.25) is 0 Å². The summed E-state index contributed by atoms with van der Waals surface area (Å²) in [5, 5.41) is 0. The zero-order valence-electron chi connectivity index (χ0n) is 16.7. The quantitative estimate of drug-likeness (QED) is 0.351. The molecule has 1 amide bonds. The molecule has 0 aliphatic rings. The summed E-state index contributed by atoms with van der Waals surface area (Å²) in [4.78, 5) is 19.8. The average Bonchev–Trinajstić information content (AvgIpc) is 3.03. The Morgan fingerprint density at radius 2 is 1.43 bits per heavy atom. The zero-order valence-corrected chi connectivity index (χ0v) is 19.2. The van der Waals surface area contributed by atoms with Crippen molar-refractivity contribution in [3.63, 3.8) is 0 Å². The lowest BCUT2D eigenvalue weighted by Gasteiger charge is -2.14. The second-order valence-electron chi connectivity index (χ2n) is 7.06. The van der Waals surface area contributed by atoms with Gasteiger partial charge in [-0.3, -0.25) is 4.79 Å². The van der Waals surface area contributed by atoms with Gasteiger partial charge in [0.25, 0.3) is 5.91 Å². The highest BCUT2D eigenvalue weighted by Crippen LogP contribution is 2.28. The monoisotopic (exact) mass is 476 g/mol. The van der Waals surface area contributed by atoms with Gasteiger partial charge in [0.15, 0.2) is 4.80 Å². The first-order valence-corrected chi connectivity index (χ1v) is 11.3. The van der Waals surface area contributed by atoms with Crippen LogP contribution in [0.25, 0.3) is 11.3 Å². The molecule has 0 spiro atoms. The molecule has 4 rings (SSSR count). The second-order valence-corrected chi connectivity index (χ2v) is 9.16. The molecule has 0 N–H and O–H groups in total. The summed E-state index contributed by atoms with van der Waals surface area (Å²) < 4.78 is 3.05. The number of hydrogen-bond donors (Lipinski definition) is 0. The van der Waals surface area contributed by atoms with Crippen molar-refractivity contribution in [2.75, 3.05) is 0 Å². The van der Waals surface area contributed by atoms with Gasteiger partial charge in [-0.1, -0.05) is 88.7 Å². The number of thiazole rings is 1. The standard InChI is InChI=1S/C25H21BrN2OS/c1-17-23(20-13-15-21(26)16-14-20)28(2)25(30-17)27-24(29)22(18-9-5-3-6-10-18)19-11-7-4-8-12-19/h3-16,22H,1-2H3. The van der Waals surface area contributed by atoms with Gasteiger partial charge in [0.05, 0.1) is 11.6 Å². The Labute approximate surface area is 188 Å². The van der Waals surface area contributed by atoms with E-state index in [1.54, 1.807) is 0 Å². The smallest absolute Gasteiger partial charge is 0.260 e. The van der Waals surface area contributed by atoms with Crippen LogP contribution in [0.1, 0.15) is 21.9 Å². The van der Waals surface area contributed by atoms with Gasteiger partial charge < -0.3 is 4.57 Å². The number of halogens is 1. The van der Waals surface area contributed by atoms with E-state index in [2.05, 4.69) is 40.0 Å². The lowest BCUT2D eigenvalue weighted by Crippen LogP contribution is -2.19. The SMILES string of the molecule is Cc1sc(=NC(=O)C(c2ccccc2)c2ccccc2)n(C)c1-c1ccc(Br)cc1. The fraction of sp³-hybridized carbons (Fsp3) is 0.120. The molecular weight excluding hydrogens is 456 g/mol. The molecule has 0 bridgehead atoms. The molecule has 0 radical (unpaired) electrons. The van der Waals surface area contributed by atoms with Crippen LogP contribution in [-0.2, 0) is 11.8 Å². The Kier molecular flexibility index (Phi) is 6.11. The zero-order chi connectivity index (χ0) is 21.1. The molecule has 3 aromatic carbocycles. The van der Waals surface area contributed by atoms with E-state index in [1.165, 1.54) is 11.3 Å². The van der Waals surface area contributed by atoms with E-state index in [0.717, 1.165) is 31.7 Å². The van der Waals surface area contributed by atoms with Gasteiger partial charge in [-0.05, 0) is 35.7 Å². The molecule has 0 aliphatic carbocycles. The van der Waals surface area contributed by atoms with Crippen molar-refractivity contribution < 1.29 is 4.79 Å². The lowest BCUT2D eigenvalue weighted by molar-refractivity contribution is -0.118. The maximum Gasteiger partial charge on any atom is 0.260 e. The molecule has 150 valence electrons. The molecule has 0 saturated carbocycles. The van der Waals surface area contributed by atoms with E-state index in [9.17, 15) is 4.79 Å². The van der Waals surface area contributed by atoms with E-state index >= 15 is 0 Å². The molecule has 30 heavy (non-hydrogen) atoms. The minimum absolute atomic E-state index is 0.161. The van der Waals surface area contributed by atoms with Gasteiger partial charge in [-0.25, -0.2) is 0 Å². The summed E-state index contributed by atoms with van der Waals surface area (Å²) >= 11 is 5.03. The molecule has 5 heteroatoms. The topological polar surface area (TPSA) is 34.4 Å². The molecule has 0 saturated heterocycles. The van der Waals surface area contributed by atoms with E-state index in [1.807, 2.05) is 84.4 Å². The summed E-state index contributed by atoms with van der Waals surface area (Å²) in [5.41, 5.74) is 4.07. The number of hydrogen-bond acceptors (Lipinski definition) is 2. The van der Waals surface area contributed by atoms with Crippen molar-refractivity contribution in [2.45, 2.75) is 12.8 Å². The van der Waals surface area contributed by atoms with Gasteiger partial charge in [0.1, 0.15) is 0 Å². The van der Waals surface area contributed by atoms with Gasteiger partial charge in [-0.2, -0.15) is 4.99 Å². The normalized spacial score (nSPS) is 11.8.